The van der Waals surface area contributed by atoms with E-state index in [9.17, 15) is 0 Å². The van der Waals surface area contributed by atoms with Gasteiger partial charge in [0.1, 0.15) is 6.04 Å². The second kappa shape index (κ2) is 7.98. The SMILES string of the molecule is Cc1n[nH]c(C)c1C(C)N1CCn2nnnc2C1c1cn(-c2ccccc2)nc1C(C)C. The van der Waals surface area contributed by atoms with Gasteiger partial charge >= 0.3 is 0 Å². The Hall–Kier alpha value is -3.33. The molecule has 0 aliphatic carbocycles. The summed E-state index contributed by atoms with van der Waals surface area (Å²) in [7, 11) is 0. The van der Waals surface area contributed by atoms with Gasteiger partial charge in [0.2, 0.25) is 0 Å². The first-order valence-corrected chi connectivity index (χ1v) is 11.1. The van der Waals surface area contributed by atoms with Crippen LogP contribution in [0, 0.1) is 13.8 Å². The minimum atomic E-state index is -0.0997. The second-order valence-electron chi connectivity index (χ2n) is 8.83. The molecule has 5 rings (SSSR count). The zero-order valence-corrected chi connectivity index (χ0v) is 19.2. The van der Waals surface area contributed by atoms with Gasteiger partial charge in [0.25, 0.3) is 0 Å². The van der Waals surface area contributed by atoms with E-state index in [1.54, 1.807) is 0 Å². The number of nitrogens with one attached hydrogen (secondary N) is 1. The maximum atomic E-state index is 5.00. The van der Waals surface area contributed by atoms with E-state index in [4.69, 9.17) is 5.10 Å². The first-order chi connectivity index (χ1) is 15.5. The largest absolute Gasteiger partial charge is 0.282 e. The number of nitrogens with zero attached hydrogens (tertiary/aromatic N) is 8. The summed E-state index contributed by atoms with van der Waals surface area (Å²) in [6.07, 6.45) is 2.15. The highest BCUT2D eigenvalue weighted by atomic mass is 15.6. The van der Waals surface area contributed by atoms with Crippen molar-refractivity contribution in [2.75, 3.05) is 6.54 Å². The normalized spacial score (nSPS) is 17.6. The van der Waals surface area contributed by atoms with Crippen LogP contribution >= 0.6 is 0 Å². The molecule has 9 nitrogen and oxygen atoms in total. The number of benzene rings is 1. The Labute approximate surface area is 187 Å². The van der Waals surface area contributed by atoms with Crippen LogP contribution in [0.25, 0.3) is 5.69 Å². The van der Waals surface area contributed by atoms with Crippen molar-refractivity contribution in [1.29, 1.82) is 0 Å². The summed E-state index contributed by atoms with van der Waals surface area (Å²) in [6.45, 7) is 12.3. The van der Waals surface area contributed by atoms with Gasteiger partial charge < -0.3 is 0 Å². The summed E-state index contributed by atoms with van der Waals surface area (Å²) in [5, 5.41) is 25.3. The maximum absolute atomic E-state index is 5.00. The standard InChI is InChI=1S/C23H29N9/c1-14(2)21-19(13-32(27-21)18-9-7-6-8-10-18)22-23-26-28-29-31(23)12-11-30(22)17(5)20-15(3)24-25-16(20)4/h6-10,13-14,17,22H,11-12H2,1-5H3,(H,24,25). The molecule has 0 saturated carbocycles. The molecule has 0 fully saturated rings. The third kappa shape index (κ3) is 3.33. The maximum Gasteiger partial charge on any atom is 0.173 e. The van der Waals surface area contributed by atoms with Gasteiger partial charge in [0.15, 0.2) is 5.82 Å². The predicted molar refractivity (Wildman–Crippen MR) is 120 cm³/mol. The lowest BCUT2D eigenvalue weighted by Crippen LogP contribution is -2.41. The van der Waals surface area contributed by atoms with Crippen LogP contribution < -0.4 is 0 Å². The van der Waals surface area contributed by atoms with Crippen LogP contribution in [-0.2, 0) is 6.54 Å². The number of tetrazole rings is 1. The topological polar surface area (TPSA) is 93.3 Å². The number of aromatic nitrogens is 8. The average Bonchev–Trinajstić information content (AvgIpc) is 3.51. The molecule has 9 heteroatoms. The fourth-order valence-corrected chi connectivity index (χ4v) is 4.90. The quantitative estimate of drug-likeness (QED) is 0.520. The van der Waals surface area contributed by atoms with E-state index < -0.39 is 0 Å². The van der Waals surface area contributed by atoms with Gasteiger partial charge in [-0.15, -0.1) is 5.10 Å². The van der Waals surface area contributed by atoms with Crippen molar-refractivity contribution in [2.45, 2.75) is 59.2 Å². The lowest BCUT2D eigenvalue weighted by molar-refractivity contribution is 0.123. The van der Waals surface area contributed by atoms with Gasteiger partial charge in [-0.1, -0.05) is 32.0 Å². The fraction of sp³-hybridized carbons (Fsp3) is 0.435. The molecule has 4 heterocycles. The van der Waals surface area contributed by atoms with Crippen molar-refractivity contribution in [3.63, 3.8) is 0 Å². The number of hydrogen-bond acceptors (Lipinski definition) is 6. The second-order valence-corrected chi connectivity index (χ2v) is 8.83. The van der Waals surface area contributed by atoms with Crippen molar-refractivity contribution in [2.24, 2.45) is 0 Å². The van der Waals surface area contributed by atoms with Gasteiger partial charge in [0, 0.05) is 35.6 Å². The molecule has 1 aromatic carbocycles. The van der Waals surface area contributed by atoms with Crippen LogP contribution in [0.4, 0.5) is 0 Å². The number of aryl methyl sites for hydroxylation is 2. The Balaban J connectivity index is 1.66. The lowest BCUT2D eigenvalue weighted by Gasteiger charge is -2.39. The fourth-order valence-electron chi connectivity index (χ4n) is 4.90. The molecule has 0 amide bonds. The van der Waals surface area contributed by atoms with Crippen molar-refractivity contribution in [3.05, 3.63) is 70.6 Å². The Kier molecular flexibility index (Phi) is 5.13. The van der Waals surface area contributed by atoms with E-state index in [1.807, 2.05) is 27.6 Å². The van der Waals surface area contributed by atoms with Crippen LogP contribution in [-0.4, -0.2) is 51.6 Å². The minimum absolute atomic E-state index is 0.0997. The number of hydrogen-bond donors (Lipinski definition) is 1. The highest BCUT2D eigenvalue weighted by Gasteiger charge is 2.39. The Morgan fingerprint density at radius 3 is 2.53 bits per heavy atom. The van der Waals surface area contributed by atoms with Gasteiger partial charge in [0.05, 0.1) is 23.6 Å². The van der Waals surface area contributed by atoms with Crippen LogP contribution in [0.15, 0.2) is 36.5 Å². The molecule has 0 bridgehead atoms. The molecular formula is C23H29N9. The summed E-state index contributed by atoms with van der Waals surface area (Å²) in [5.41, 5.74) is 6.61. The van der Waals surface area contributed by atoms with E-state index in [2.05, 4.69) is 83.6 Å². The smallest absolute Gasteiger partial charge is 0.173 e. The third-order valence-corrected chi connectivity index (χ3v) is 6.44. The predicted octanol–water partition coefficient (Wildman–Crippen LogP) is 3.49. The number of H-pyrrole nitrogens is 1. The lowest BCUT2D eigenvalue weighted by atomic mass is 9.94. The van der Waals surface area contributed by atoms with Crippen LogP contribution in [0.1, 0.15) is 72.8 Å². The van der Waals surface area contributed by atoms with Crippen LogP contribution in [0.3, 0.4) is 0 Å². The van der Waals surface area contributed by atoms with Crippen molar-refractivity contribution < 1.29 is 0 Å². The molecule has 32 heavy (non-hydrogen) atoms. The summed E-state index contributed by atoms with van der Waals surface area (Å²) >= 11 is 0. The summed E-state index contributed by atoms with van der Waals surface area (Å²) in [5.74, 6) is 1.12. The van der Waals surface area contributed by atoms with Gasteiger partial charge in [-0.3, -0.25) is 10.00 Å². The summed E-state index contributed by atoms with van der Waals surface area (Å²) < 4.78 is 3.90. The molecule has 3 aromatic heterocycles. The van der Waals surface area contributed by atoms with Gasteiger partial charge in [-0.25, -0.2) is 9.36 Å². The Morgan fingerprint density at radius 2 is 1.84 bits per heavy atom. The first-order valence-electron chi connectivity index (χ1n) is 11.1. The molecule has 0 radical (unpaired) electrons. The first kappa shape index (κ1) is 20.6. The third-order valence-electron chi connectivity index (χ3n) is 6.44. The summed E-state index contributed by atoms with van der Waals surface area (Å²) in [4.78, 5) is 2.48. The zero-order chi connectivity index (χ0) is 22.4. The van der Waals surface area contributed by atoms with Crippen molar-refractivity contribution >= 4 is 0 Å². The molecule has 4 aromatic rings. The number of rotatable bonds is 5. The van der Waals surface area contributed by atoms with Crippen molar-refractivity contribution in [3.8, 4) is 5.69 Å². The van der Waals surface area contributed by atoms with E-state index in [1.165, 1.54) is 5.56 Å². The molecule has 1 aliphatic rings. The molecule has 2 atom stereocenters. The molecule has 0 spiro atoms. The van der Waals surface area contributed by atoms with E-state index in [0.29, 0.717) is 0 Å². The van der Waals surface area contributed by atoms with Gasteiger partial charge in [-0.2, -0.15) is 10.2 Å². The van der Waals surface area contributed by atoms with Crippen LogP contribution in [0.5, 0.6) is 0 Å². The molecule has 0 saturated heterocycles. The minimum Gasteiger partial charge on any atom is -0.282 e. The number of para-hydroxylation sites is 1. The molecule has 166 valence electrons. The molecule has 1 aliphatic heterocycles. The van der Waals surface area contributed by atoms with Crippen molar-refractivity contribution in [1.82, 2.24) is 45.1 Å². The molecule has 2 unspecified atom stereocenters. The average molecular weight is 432 g/mol. The highest BCUT2D eigenvalue weighted by molar-refractivity contribution is 5.37. The Morgan fingerprint density at radius 1 is 1.06 bits per heavy atom. The van der Waals surface area contributed by atoms with Gasteiger partial charge in [-0.05, 0) is 49.2 Å². The number of fused-ring (bicyclic) bond motifs is 1. The van der Waals surface area contributed by atoms with E-state index in [-0.39, 0.29) is 18.0 Å². The Bertz CT molecular complexity index is 1200. The van der Waals surface area contributed by atoms with E-state index >= 15 is 0 Å². The molecule has 1 N–H and O–H groups in total. The zero-order valence-electron chi connectivity index (χ0n) is 19.2. The molecular weight excluding hydrogens is 402 g/mol. The monoisotopic (exact) mass is 431 g/mol. The highest BCUT2D eigenvalue weighted by Crippen LogP contribution is 2.40. The number of aromatic amines is 1. The summed E-state index contributed by atoms with van der Waals surface area (Å²) in [6, 6.07) is 10.3. The van der Waals surface area contributed by atoms with Crippen LogP contribution in [0.2, 0.25) is 0 Å². The van der Waals surface area contributed by atoms with E-state index in [0.717, 1.165) is 47.2 Å².